The molecule has 2 saturated heterocycles. The zero-order valence-electron chi connectivity index (χ0n) is 36.2. The van der Waals surface area contributed by atoms with Crippen LogP contribution in [0, 0.1) is 5.92 Å². The van der Waals surface area contributed by atoms with Crippen molar-refractivity contribution in [3.63, 3.8) is 0 Å². The molecule has 1 aromatic heterocycles. The van der Waals surface area contributed by atoms with Crippen molar-refractivity contribution in [1.29, 1.82) is 0 Å². The summed E-state index contributed by atoms with van der Waals surface area (Å²) >= 11 is 0. The second-order valence-electron chi connectivity index (χ2n) is 17.7. The van der Waals surface area contributed by atoms with Crippen LogP contribution >= 0.6 is 0 Å². The lowest BCUT2D eigenvalue weighted by Crippen LogP contribution is -2.48. The molecule has 0 spiro atoms. The molecule has 14 heteroatoms. The van der Waals surface area contributed by atoms with Crippen LogP contribution in [0.3, 0.4) is 0 Å². The molecule has 3 heterocycles. The first-order valence-electron chi connectivity index (χ1n) is 21.1. The lowest BCUT2D eigenvalue weighted by molar-refractivity contribution is 0.118. The maximum atomic E-state index is 14.9. The number of rotatable bonds is 17. The van der Waals surface area contributed by atoms with Crippen LogP contribution in [0.4, 0.5) is 0 Å². The molecule has 2 aliphatic rings. The molecule has 320 valence electrons. The van der Waals surface area contributed by atoms with E-state index in [1.807, 2.05) is 60.7 Å². The van der Waals surface area contributed by atoms with Gasteiger partial charge in [0.2, 0.25) is 15.8 Å². The molecule has 2 N–H and O–H groups in total. The molecule has 7 rings (SSSR count). The van der Waals surface area contributed by atoms with Gasteiger partial charge in [-0.3, -0.25) is 4.90 Å². The number of tetrazole rings is 1. The van der Waals surface area contributed by atoms with Crippen molar-refractivity contribution < 1.29 is 22.3 Å². The Hall–Kier alpha value is -4.44. The first kappa shape index (κ1) is 43.6. The number of methoxy groups -OCH3 is 2. The van der Waals surface area contributed by atoms with E-state index in [0.29, 0.717) is 36.1 Å². The Morgan fingerprint density at radius 1 is 0.850 bits per heavy atom. The number of aromatic nitrogens is 4. The van der Waals surface area contributed by atoms with E-state index in [9.17, 15) is 8.42 Å². The van der Waals surface area contributed by atoms with Crippen LogP contribution in [0.1, 0.15) is 61.8 Å². The van der Waals surface area contributed by atoms with Crippen LogP contribution in [0.2, 0.25) is 18.1 Å². The van der Waals surface area contributed by atoms with E-state index < -0.39 is 18.3 Å². The number of nitrogens with one attached hydrogen (secondary N) is 2. The van der Waals surface area contributed by atoms with E-state index in [1.165, 1.54) is 10.4 Å². The normalized spacial score (nSPS) is 15.8. The van der Waals surface area contributed by atoms with Gasteiger partial charge in [-0.1, -0.05) is 81.4 Å². The smallest absolute Gasteiger partial charge is 0.241 e. The third kappa shape index (κ3) is 10.3. The summed E-state index contributed by atoms with van der Waals surface area (Å²) in [5.41, 5.74) is 5.87. The summed E-state index contributed by atoms with van der Waals surface area (Å²) in [6, 6.07) is 27.7. The van der Waals surface area contributed by atoms with Crippen molar-refractivity contribution in [2.75, 3.05) is 53.6 Å². The molecule has 60 heavy (non-hydrogen) atoms. The van der Waals surface area contributed by atoms with Gasteiger partial charge in [0.05, 0.1) is 31.2 Å². The highest BCUT2D eigenvalue weighted by atomic mass is 32.2. The number of ether oxygens (including phenoxy) is 2. The Bertz CT molecular complexity index is 2300. The second kappa shape index (κ2) is 18.7. The number of likely N-dealkylation sites (tertiary alicyclic amines) is 1. The third-order valence-corrected chi connectivity index (χ3v) is 18.7. The second-order valence-corrected chi connectivity index (χ2v) is 24.2. The molecule has 0 radical (unpaired) electrons. The van der Waals surface area contributed by atoms with Crippen LogP contribution in [0.25, 0.3) is 22.5 Å². The molecule has 0 aliphatic carbocycles. The maximum Gasteiger partial charge on any atom is 0.241 e. The minimum atomic E-state index is -4.11. The molecule has 0 bridgehead atoms. The van der Waals surface area contributed by atoms with Crippen LogP contribution in [0.5, 0.6) is 11.5 Å². The van der Waals surface area contributed by atoms with Gasteiger partial charge in [0, 0.05) is 38.7 Å². The van der Waals surface area contributed by atoms with E-state index in [0.717, 1.165) is 85.7 Å². The molecular formula is C46H61N7O5SSi. The fourth-order valence-electron chi connectivity index (χ4n) is 7.80. The van der Waals surface area contributed by atoms with E-state index in [4.69, 9.17) is 19.0 Å². The topological polar surface area (TPSA) is 133 Å². The SMILES string of the molecule is COc1ccc(CNS(=O)(=O)c2c(CC3CCNCC3)ccc(-c3ccc(C4CN(CCO[Si](C)(C)C(C)(C)C)C4)cc3)c2-c2nnn(Cc3ccc(OC)cc3)n2)cc1. The van der Waals surface area contributed by atoms with E-state index in [2.05, 4.69) is 83.4 Å². The van der Waals surface area contributed by atoms with E-state index in [-0.39, 0.29) is 22.3 Å². The number of piperidine rings is 1. The summed E-state index contributed by atoms with van der Waals surface area (Å²) in [6.07, 6.45) is 2.55. The molecule has 12 nitrogen and oxygen atoms in total. The Kier molecular flexibility index (Phi) is 13.6. The Morgan fingerprint density at radius 2 is 1.48 bits per heavy atom. The Balaban J connectivity index is 1.21. The third-order valence-electron chi connectivity index (χ3n) is 12.6. The number of nitrogens with zero attached hydrogens (tertiary/aromatic N) is 5. The molecular weight excluding hydrogens is 791 g/mol. The molecule has 2 fully saturated rings. The van der Waals surface area contributed by atoms with Gasteiger partial charge in [-0.05, 0) is 119 Å². The van der Waals surface area contributed by atoms with Crippen molar-refractivity contribution in [1.82, 2.24) is 35.1 Å². The first-order chi connectivity index (χ1) is 28.7. The van der Waals surface area contributed by atoms with Gasteiger partial charge in [-0.2, -0.15) is 4.80 Å². The molecule has 0 saturated carbocycles. The monoisotopic (exact) mass is 851 g/mol. The number of hydrogen-bond donors (Lipinski definition) is 2. The molecule has 0 unspecified atom stereocenters. The minimum absolute atomic E-state index is 0.107. The van der Waals surface area contributed by atoms with Gasteiger partial charge in [-0.15, -0.1) is 10.2 Å². The quantitative estimate of drug-likeness (QED) is 0.0907. The fraction of sp³-hybridized carbons (Fsp3) is 0.457. The zero-order chi connectivity index (χ0) is 42.5. The van der Waals surface area contributed by atoms with Gasteiger partial charge in [0.25, 0.3) is 0 Å². The van der Waals surface area contributed by atoms with Gasteiger partial charge in [-0.25, -0.2) is 13.1 Å². The van der Waals surface area contributed by atoms with Gasteiger partial charge in [0.15, 0.2) is 8.32 Å². The zero-order valence-corrected chi connectivity index (χ0v) is 38.0. The summed E-state index contributed by atoms with van der Waals surface area (Å²) in [6.45, 7) is 17.4. The van der Waals surface area contributed by atoms with Gasteiger partial charge >= 0.3 is 0 Å². The molecule has 2 aliphatic heterocycles. The molecule has 5 aromatic rings. The number of benzene rings is 4. The summed E-state index contributed by atoms with van der Waals surface area (Å²) in [4.78, 5) is 4.18. The number of hydrogen-bond acceptors (Lipinski definition) is 10. The average molecular weight is 852 g/mol. The standard InChI is InChI=1S/C46H61N7O5SSi/c1-46(2,3)60(6,7)58-27-26-52-31-39(32-52)36-12-14-37(15-13-36)42-21-16-38(28-33-22-24-47-25-23-33)44(59(54,55)48-29-34-8-17-40(56-4)18-9-34)43(42)45-49-51-53(50-45)30-35-10-19-41(57-5)20-11-35/h8-21,33,39,47-48H,22-32H2,1-7H3. The van der Waals surface area contributed by atoms with Crippen LogP contribution < -0.4 is 19.5 Å². The maximum absolute atomic E-state index is 14.9. The lowest BCUT2D eigenvalue weighted by Gasteiger charge is -2.41. The number of sulfonamides is 1. The fourth-order valence-corrected chi connectivity index (χ4v) is 10.3. The summed E-state index contributed by atoms with van der Waals surface area (Å²) in [7, 11) is -2.64. The summed E-state index contributed by atoms with van der Waals surface area (Å²) in [5.74, 6) is 2.48. The first-order valence-corrected chi connectivity index (χ1v) is 25.5. The Morgan fingerprint density at radius 3 is 2.10 bits per heavy atom. The van der Waals surface area contributed by atoms with Gasteiger partial charge < -0.3 is 19.2 Å². The van der Waals surface area contributed by atoms with E-state index >= 15 is 0 Å². The highest BCUT2D eigenvalue weighted by molar-refractivity contribution is 7.89. The molecule has 0 atom stereocenters. The van der Waals surface area contributed by atoms with Crippen molar-refractivity contribution >= 4 is 18.3 Å². The predicted molar refractivity (Wildman–Crippen MR) is 239 cm³/mol. The van der Waals surface area contributed by atoms with Crippen LogP contribution in [-0.4, -0.2) is 95.4 Å². The minimum Gasteiger partial charge on any atom is -0.497 e. The van der Waals surface area contributed by atoms with Crippen molar-refractivity contribution in [2.24, 2.45) is 5.92 Å². The van der Waals surface area contributed by atoms with Gasteiger partial charge in [0.1, 0.15) is 11.5 Å². The highest BCUT2D eigenvalue weighted by Crippen LogP contribution is 2.40. The summed E-state index contributed by atoms with van der Waals surface area (Å²) in [5, 5.41) is 17.5. The largest absolute Gasteiger partial charge is 0.497 e. The Labute approximate surface area is 357 Å². The van der Waals surface area contributed by atoms with Crippen molar-refractivity contribution in [2.45, 2.75) is 82.1 Å². The average Bonchev–Trinajstić information content (AvgIpc) is 3.69. The summed E-state index contributed by atoms with van der Waals surface area (Å²) < 4.78 is 49.8. The van der Waals surface area contributed by atoms with Crippen molar-refractivity contribution in [3.8, 4) is 34.0 Å². The predicted octanol–water partition coefficient (Wildman–Crippen LogP) is 7.51. The van der Waals surface area contributed by atoms with Crippen molar-refractivity contribution in [3.05, 3.63) is 107 Å². The molecule has 4 aromatic carbocycles. The lowest BCUT2D eigenvalue weighted by atomic mass is 9.87. The molecule has 0 amide bonds. The highest BCUT2D eigenvalue weighted by Gasteiger charge is 2.38. The van der Waals surface area contributed by atoms with Crippen LogP contribution in [0.15, 0.2) is 89.8 Å². The van der Waals surface area contributed by atoms with Crippen LogP contribution in [-0.2, 0) is 34.0 Å². The van der Waals surface area contributed by atoms with E-state index in [1.54, 1.807) is 14.2 Å².